The van der Waals surface area contributed by atoms with Crippen molar-refractivity contribution < 1.29 is 19.1 Å². The fourth-order valence-electron chi connectivity index (χ4n) is 5.78. The summed E-state index contributed by atoms with van der Waals surface area (Å²) < 4.78 is 10.4. The van der Waals surface area contributed by atoms with Crippen LogP contribution in [0.5, 0.6) is 0 Å². The third kappa shape index (κ3) is 7.10. The topological polar surface area (TPSA) is 59.7 Å². The van der Waals surface area contributed by atoms with Crippen LogP contribution in [0.4, 0.5) is 0 Å². The fraction of sp³-hybridized carbons (Fsp3) is 0.679. The first-order chi connectivity index (χ1) is 15.5. The third-order valence-electron chi connectivity index (χ3n) is 7.64. The van der Waals surface area contributed by atoms with E-state index in [1.807, 2.05) is 12.1 Å². The first kappa shape index (κ1) is 24.8. The van der Waals surface area contributed by atoms with Crippen molar-refractivity contribution in [1.29, 1.82) is 0 Å². The highest BCUT2D eigenvalue weighted by Crippen LogP contribution is 2.46. The molecule has 1 fully saturated rings. The Morgan fingerprint density at radius 3 is 2.78 bits per heavy atom. The number of furan rings is 1. The highest BCUT2D eigenvalue weighted by atomic mass is 16.5. The molecule has 1 aromatic rings. The lowest BCUT2D eigenvalue weighted by atomic mass is 9.63. The summed E-state index contributed by atoms with van der Waals surface area (Å²) in [6.07, 6.45) is 18.2. The van der Waals surface area contributed by atoms with Gasteiger partial charge in [-0.3, -0.25) is 4.79 Å². The highest BCUT2D eigenvalue weighted by Gasteiger charge is 2.36. The molecule has 4 heteroatoms. The minimum absolute atomic E-state index is 0.115. The second-order valence-corrected chi connectivity index (χ2v) is 10.2. The Labute approximate surface area is 194 Å². The van der Waals surface area contributed by atoms with Gasteiger partial charge in [0.25, 0.3) is 0 Å². The number of hydrogen-bond donors (Lipinski definition) is 1. The molecule has 178 valence electrons. The average molecular weight is 443 g/mol. The zero-order chi connectivity index (χ0) is 22.9. The van der Waals surface area contributed by atoms with Crippen LogP contribution in [0.2, 0.25) is 0 Å². The maximum atomic E-state index is 11.6. The van der Waals surface area contributed by atoms with E-state index in [0.29, 0.717) is 30.1 Å². The van der Waals surface area contributed by atoms with Gasteiger partial charge >= 0.3 is 5.97 Å². The van der Waals surface area contributed by atoms with Gasteiger partial charge in [-0.05, 0) is 92.6 Å². The predicted octanol–water partition coefficient (Wildman–Crippen LogP) is 6.36. The van der Waals surface area contributed by atoms with Gasteiger partial charge in [-0.15, -0.1) is 0 Å². The van der Waals surface area contributed by atoms with Gasteiger partial charge in [0.2, 0.25) is 0 Å². The third-order valence-corrected chi connectivity index (χ3v) is 7.64. The van der Waals surface area contributed by atoms with Gasteiger partial charge in [0.1, 0.15) is 5.76 Å². The van der Waals surface area contributed by atoms with Crippen LogP contribution in [-0.4, -0.2) is 24.8 Å². The molecule has 0 amide bonds. The zero-order valence-corrected chi connectivity index (χ0v) is 20.2. The molecule has 1 aromatic heterocycles. The predicted molar refractivity (Wildman–Crippen MR) is 128 cm³/mol. The van der Waals surface area contributed by atoms with Crippen molar-refractivity contribution in [2.45, 2.75) is 71.6 Å². The Bertz CT molecular complexity index is 745. The van der Waals surface area contributed by atoms with E-state index in [0.717, 1.165) is 37.4 Å². The standard InChI is InChI=1S/C28H42O4/c1-20(2)6-14-27(24(19-29)12-13-26-5-4-16-32-26)23-11-10-22-9-7-21(17-25(22)18-23)8-15-28(30)31-3/h4-6,14,16-17,20,22-25,27,29H,7-13,15,18-19H2,1-3H3. The Balaban J connectivity index is 1.69. The van der Waals surface area contributed by atoms with Crippen LogP contribution in [0, 0.1) is 35.5 Å². The van der Waals surface area contributed by atoms with Gasteiger partial charge < -0.3 is 14.3 Å². The summed E-state index contributed by atoms with van der Waals surface area (Å²) in [7, 11) is 1.47. The molecule has 32 heavy (non-hydrogen) atoms. The molecule has 5 unspecified atom stereocenters. The van der Waals surface area contributed by atoms with E-state index in [2.05, 4.69) is 32.1 Å². The smallest absolute Gasteiger partial charge is 0.305 e. The maximum absolute atomic E-state index is 11.6. The lowest BCUT2D eigenvalue weighted by Gasteiger charge is -2.42. The summed E-state index contributed by atoms with van der Waals surface area (Å²) in [4.78, 5) is 11.6. The molecule has 0 bridgehead atoms. The Morgan fingerprint density at radius 1 is 1.25 bits per heavy atom. The van der Waals surface area contributed by atoms with E-state index in [1.165, 1.54) is 38.4 Å². The molecule has 0 radical (unpaired) electrons. The Morgan fingerprint density at radius 2 is 2.09 bits per heavy atom. The molecular formula is C28H42O4. The molecule has 0 saturated heterocycles. The number of aryl methyl sites for hydroxylation is 1. The number of methoxy groups -OCH3 is 1. The fourth-order valence-corrected chi connectivity index (χ4v) is 5.78. The van der Waals surface area contributed by atoms with Crippen molar-refractivity contribution in [2.24, 2.45) is 35.5 Å². The Hall–Kier alpha value is -1.81. The SMILES string of the molecule is COC(=O)CCC1=CC2CC(C(C=CC(C)C)C(CO)CCc3ccco3)CCC2CC1. The lowest BCUT2D eigenvalue weighted by molar-refractivity contribution is -0.140. The van der Waals surface area contributed by atoms with Crippen molar-refractivity contribution >= 4 is 5.97 Å². The lowest BCUT2D eigenvalue weighted by Crippen LogP contribution is -2.33. The molecule has 1 N–H and O–H groups in total. The number of fused-ring (bicyclic) bond motifs is 1. The van der Waals surface area contributed by atoms with E-state index in [1.54, 1.807) is 6.26 Å². The van der Waals surface area contributed by atoms with Crippen LogP contribution in [0.25, 0.3) is 0 Å². The quantitative estimate of drug-likeness (QED) is 0.320. The summed E-state index contributed by atoms with van der Waals surface area (Å²) >= 11 is 0. The van der Waals surface area contributed by atoms with Crippen molar-refractivity contribution in [1.82, 2.24) is 0 Å². The summed E-state index contributed by atoms with van der Waals surface area (Å²) in [5, 5.41) is 10.3. The molecular weight excluding hydrogens is 400 g/mol. The van der Waals surface area contributed by atoms with Gasteiger partial charge in [-0.2, -0.15) is 0 Å². The number of aliphatic hydroxyl groups excluding tert-OH is 1. The van der Waals surface area contributed by atoms with Crippen LogP contribution in [0.1, 0.15) is 71.0 Å². The van der Waals surface area contributed by atoms with E-state index in [4.69, 9.17) is 9.15 Å². The largest absolute Gasteiger partial charge is 0.469 e. The number of aliphatic hydroxyl groups is 1. The number of esters is 1. The molecule has 5 atom stereocenters. The van der Waals surface area contributed by atoms with E-state index in [-0.39, 0.29) is 18.5 Å². The van der Waals surface area contributed by atoms with Gasteiger partial charge in [-0.25, -0.2) is 0 Å². The van der Waals surface area contributed by atoms with Crippen molar-refractivity contribution in [3.63, 3.8) is 0 Å². The maximum Gasteiger partial charge on any atom is 0.305 e. The summed E-state index contributed by atoms with van der Waals surface area (Å²) in [6.45, 7) is 4.66. The molecule has 0 aliphatic heterocycles. The van der Waals surface area contributed by atoms with Crippen LogP contribution in [-0.2, 0) is 16.0 Å². The van der Waals surface area contributed by atoms with Crippen LogP contribution < -0.4 is 0 Å². The van der Waals surface area contributed by atoms with E-state index in [9.17, 15) is 9.90 Å². The minimum Gasteiger partial charge on any atom is -0.469 e. The molecule has 2 aliphatic rings. The zero-order valence-electron chi connectivity index (χ0n) is 20.2. The summed E-state index contributed by atoms with van der Waals surface area (Å²) in [6, 6.07) is 3.97. The van der Waals surface area contributed by atoms with Crippen molar-refractivity contribution in [3.05, 3.63) is 48.0 Å². The van der Waals surface area contributed by atoms with Crippen LogP contribution >= 0.6 is 0 Å². The molecule has 1 saturated carbocycles. The van der Waals surface area contributed by atoms with Crippen LogP contribution in [0.3, 0.4) is 0 Å². The van der Waals surface area contributed by atoms with Crippen molar-refractivity contribution in [2.75, 3.05) is 13.7 Å². The van der Waals surface area contributed by atoms with Gasteiger partial charge in [0.05, 0.1) is 13.4 Å². The molecule has 0 aromatic carbocycles. The van der Waals surface area contributed by atoms with E-state index >= 15 is 0 Å². The first-order valence-electron chi connectivity index (χ1n) is 12.6. The molecule has 1 heterocycles. The van der Waals surface area contributed by atoms with Gasteiger partial charge in [0, 0.05) is 19.4 Å². The number of allylic oxidation sites excluding steroid dienone is 4. The van der Waals surface area contributed by atoms with Crippen LogP contribution in [0.15, 0.2) is 46.6 Å². The number of rotatable bonds is 11. The minimum atomic E-state index is -0.115. The normalized spacial score (nSPS) is 25.4. The molecule has 2 aliphatic carbocycles. The number of carbonyl (C=O) groups is 1. The number of carbonyl (C=O) groups excluding carboxylic acids is 1. The second-order valence-electron chi connectivity index (χ2n) is 10.2. The molecule has 4 nitrogen and oxygen atoms in total. The number of hydrogen-bond acceptors (Lipinski definition) is 4. The highest BCUT2D eigenvalue weighted by molar-refractivity contribution is 5.69. The van der Waals surface area contributed by atoms with E-state index < -0.39 is 0 Å². The molecule has 0 spiro atoms. The second kappa shape index (κ2) is 12.4. The average Bonchev–Trinajstić information content (AvgIpc) is 3.32. The van der Waals surface area contributed by atoms with Gasteiger partial charge in [0.15, 0.2) is 0 Å². The Kier molecular flexibility index (Phi) is 9.65. The summed E-state index contributed by atoms with van der Waals surface area (Å²) in [5.74, 6) is 4.03. The summed E-state index contributed by atoms with van der Waals surface area (Å²) in [5.41, 5.74) is 1.43. The monoisotopic (exact) mass is 442 g/mol. The molecule has 3 rings (SSSR count). The van der Waals surface area contributed by atoms with Crippen molar-refractivity contribution in [3.8, 4) is 0 Å². The van der Waals surface area contributed by atoms with Gasteiger partial charge in [-0.1, -0.05) is 37.6 Å². The first-order valence-corrected chi connectivity index (χ1v) is 12.6. The number of ether oxygens (including phenoxy) is 1.